The molecule has 1 atom stereocenters. The summed E-state index contributed by atoms with van der Waals surface area (Å²) >= 11 is 3.08. The van der Waals surface area contributed by atoms with Crippen LogP contribution in [0.15, 0.2) is 22.7 Å². The highest BCUT2D eigenvalue weighted by molar-refractivity contribution is 9.10. The molecule has 0 saturated heterocycles. The minimum Gasteiger partial charge on any atom is -0.388 e. The quantitative estimate of drug-likeness (QED) is 0.878. The third kappa shape index (κ3) is 3.92. The van der Waals surface area contributed by atoms with Crippen LogP contribution in [0.4, 0.5) is 4.39 Å². The number of aliphatic hydroxyl groups excluding tert-OH is 1. The maximum Gasteiger partial charge on any atom is 0.137 e. The fourth-order valence-electron chi connectivity index (χ4n) is 1.38. The minimum absolute atomic E-state index is 0.323. The summed E-state index contributed by atoms with van der Waals surface area (Å²) in [7, 11) is 0. The molecule has 0 aliphatic carbocycles. The maximum absolute atomic E-state index is 13.2. The highest BCUT2D eigenvalue weighted by Gasteiger charge is 2.10. The first kappa shape index (κ1) is 12.7. The maximum atomic E-state index is 13.2. The molecule has 0 saturated carbocycles. The zero-order valence-electron chi connectivity index (χ0n) is 9.00. The van der Waals surface area contributed by atoms with Crippen molar-refractivity contribution in [3.8, 4) is 0 Å². The van der Waals surface area contributed by atoms with Crippen LogP contribution in [0.1, 0.15) is 38.4 Å². The highest BCUT2D eigenvalue weighted by Crippen LogP contribution is 2.24. The third-order valence-electron chi connectivity index (χ3n) is 2.35. The smallest absolute Gasteiger partial charge is 0.137 e. The normalized spacial score (nSPS) is 13.2. The lowest BCUT2D eigenvalue weighted by Gasteiger charge is -2.12. The van der Waals surface area contributed by atoms with Crippen molar-refractivity contribution in [3.63, 3.8) is 0 Å². The summed E-state index contributed by atoms with van der Waals surface area (Å²) in [6.07, 6.45) is 1.06. The predicted octanol–water partition coefficient (Wildman–Crippen LogP) is 4.06. The molecule has 1 rings (SSSR count). The molecular formula is C12H16BrFO. The lowest BCUT2D eigenvalue weighted by atomic mass is 10.00. The van der Waals surface area contributed by atoms with Gasteiger partial charge < -0.3 is 5.11 Å². The Morgan fingerprint density at radius 1 is 1.33 bits per heavy atom. The van der Waals surface area contributed by atoms with Gasteiger partial charge >= 0.3 is 0 Å². The Balaban J connectivity index is 2.65. The van der Waals surface area contributed by atoms with Crippen molar-refractivity contribution in [1.82, 2.24) is 0 Å². The second kappa shape index (κ2) is 5.61. The van der Waals surface area contributed by atoms with Gasteiger partial charge in [0, 0.05) is 0 Å². The van der Waals surface area contributed by atoms with Crippen molar-refractivity contribution in [3.05, 3.63) is 34.1 Å². The molecule has 0 aromatic heterocycles. The van der Waals surface area contributed by atoms with E-state index in [1.807, 2.05) is 0 Å². The molecular weight excluding hydrogens is 259 g/mol. The molecule has 0 spiro atoms. The van der Waals surface area contributed by atoms with Gasteiger partial charge in [-0.05, 0) is 52.4 Å². The molecule has 0 aliphatic heterocycles. The average molecular weight is 275 g/mol. The van der Waals surface area contributed by atoms with Crippen LogP contribution in [-0.4, -0.2) is 5.11 Å². The molecule has 0 amide bonds. The summed E-state index contributed by atoms with van der Waals surface area (Å²) in [6, 6.07) is 4.76. The highest BCUT2D eigenvalue weighted by atomic mass is 79.9. The van der Waals surface area contributed by atoms with Gasteiger partial charge in [-0.2, -0.15) is 0 Å². The van der Waals surface area contributed by atoms with Crippen LogP contribution < -0.4 is 0 Å². The SMILES string of the molecule is CC(C)CCC(O)c1ccc(Br)c(F)c1. The summed E-state index contributed by atoms with van der Waals surface area (Å²) in [4.78, 5) is 0. The molecule has 84 valence electrons. The number of halogens is 2. The molecule has 0 bridgehead atoms. The monoisotopic (exact) mass is 274 g/mol. The number of aliphatic hydroxyl groups is 1. The van der Waals surface area contributed by atoms with Crippen molar-refractivity contribution < 1.29 is 9.50 Å². The lowest BCUT2D eigenvalue weighted by Crippen LogP contribution is -2.00. The van der Waals surface area contributed by atoms with E-state index in [-0.39, 0.29) is 5.82 Å². The first-order chi connectivity index (χ1) is 7.00. The third-order valence-corrected chi connectivity index (χ3v) is 2.99. The number of hydrogen-bond acceptors (Lipinski definition) is 1. The second-order valence-electron chi connectivity index (χ2n) is 4.16. The van der Waals surface area contributed by atoms with Crippen molar-refractivity contribution in [2.24, 2.45) is 5.92 Å². The Morgan fingerprint density at radius 2 is 2.00 bits per heavy atom. The van der Waals surface area contributed by atoms with Crippen molar-refractivity contribution in [1.29, 1.82) is 0 Å². The largest absolute Gasteiger partial charge is 0.388 e. The van der Waals surface area contributed by atoms with Crippen molar-refractivity contribution in [2.45, 2.75) is 32.8 Å². The van der Waals surface area contributed by atoms with Crippen LogP contribution in [0.2, 0.25) is 0 Å². The van der Waals surface area contributed by atoms with E-state index in [4.69, 9.17) is 0 Å². The molecule has 1 aromatic carbocycles. The first-order valence-corrected chi connectivity index (χ1v) is 5.93. The fourth-order valence-corrected chi connectivity index (χ4v) is 1.62. The summed E-state index contributed by atoms with van der Waals surface area (Å²) < 4.78 is 13.6. The number of benzene rings is 1. The molecule has 1 nitrogen and oxygen atoms in total. The van der Waals surface area contributed by atoms with E-state index in [2.05, 4.69) is 29.8 Å². The van der Waals surface area contributed by atoms with Crippen LogP contribution >= 0.6 is 15.9 Å². The van der Waals surface area contributed by atoms with Gasteiger partial charge in [-0.1, -0.05) is 19.9 Å². The molecule has 0 radical (unpaired) electrons. The van der Waals surface area contributed by atoms with E-state index in [9.17, 15) is 9.50 Å². The van der Waals surface area contributed by atoms with Gasteiger partial charge in [0.1, 0.15) is 5.82 Å². The van der Waals surface area contributed by atoms with Crippen molar-refractivity contribution >= 4 is 15.9 Å². The molecule has 15 heavy (non-hydrogen) atoms. The van der Waals surface area contributed by atoms with Crippen molar-refractivity contribution in [2.75, 3.05) is 0 Å². The predicted molar refractivity (Wildman–Crippen MR) is 63.1 cm³/mol. The molecule has 0 heterocycles. The Morgan fingerprint density at radius 3 is 2.53 bits per heavy atom. The van der Waals surface area contributed by atoms with Crippen LogP contribution in [0.5, 0.6) is 0 Å². The van der Waals surface area contributed by atoms with E-state index < -0.39 is 6.10 Å². The van der Waals surface area contributed by atoms with Crippen LogP contribution in [0.3, 0.4) is 0 Å². The van der Waals surface area contributed by atoms with E-state index >= 15 is 0 Å². The number of hydrogen-bond donors (Lipinski definition) is 1. The van der Waals surface area contributed by atoms with E-state index in [0.29, 0.717) is 22.4 Å². The topological polar surface area (TPSA) is 20.2 Å². The van der Waals surface area contributed by atoms with Gasteiger partial charge in [-0.25, -0.2) is 4.39 Å². The summed E-state index contributed by atoms with van der Waals surface area (Å²) in [5.41, 5.74) is 0.649. The van der Waals surface area contributed by atoms with Gasteiger partial charge in [0.2, 0.25) is 0 Å². The van der Waals surface area contributed by atoms with E-state index in [1.165, 1.54) is 6.07 Å². The van der Waals surface area contributed by atoms with E-state index in [1.54, 1.807) is 12.1 Å². The zero-order valence-corrected chi connectivity index (χ0v) is 10.6. The van der Waals surface area contributed by atoms with E-state index in [0.717, 1.165) is 6.42 Å². The van der Waals surface area contributed by atoms with Gasteiger partial charge in [0.25, 0.3) is 0 Å². The fraction of sp³-hybridized carbons (Fsp3) is 0.500. The Kier molecular flexibility index (Phi) is 4.74. The molecule has 0 aliphatic rings. The Labute approximate surface area is 98.4 Å². The molecule has 1 aromatic rings. The van der Waals surface area contributed by atoms with Gasteiger partial charge in [-0.15, -0.1) is 0 Å². The van der Waals surface area contributed by atoms with Gasteiger partial charge in [0.15, 0.2) is 0 Å². The Hall–Kier alpha value is -0.410. The van der Waals surface area contributed by atoms with Gasteiger partial charge in [-0.3, -0.25) is 0 Å². The number of rotatable bonds is 4. The van der Waals surface area contributed by atoms with Crippen LogP contribution in [0.25, 0.3) is 0 Å². The summed E-state index contributed by atoms with van der Waals surface area (Å²) in [6.45, 7) is 4.21. The molecule has 0 fully saturated rings. The lowest BCUT2D eigenvalue weighted by molar-refractivity contribution is 0.159. The van der Waals surface area contributed by atoms with Gasteiger partial charge in [0.05, 0.1) is 10.6 Å². The second-order valence-corrected chi connectivity index (χ2v) is 5.01. The summed E-state index contributed by atoms with van der Waals surface area (Å²) in [5, 5.41) is 9.80. The minimum atomic E-state index is -0.560. The molecule has 1 unspecified atom stereocenters. The van der Waals surface area contributed by atoms with Crippen LogP contribution in [0, 0.1) is 11.7 Å². The zero-order chi connectivity index (χ0) is 11.4. The summed E-state index contributed by atoms with van der Waals surface area (Å²) in [5.74, 6) is 0.232. The molecule has 3 heteroatoms. The van der Waals surface area contributed by atoms with Crippen LogP contribution in [-0.2, 0) is 0 Å². The standard InChI is InChI=1S/C12H16BrFO/c1-8(2)3-6-12(15)9-4-5-10(13)11(14)7-9/h4-5,7-8,12,15H,3,6H2,1-2H3. The Bertz CT molecular complexity index is 325. The molecule has 1 N–H and O–H groups in total. The first-order valence-electron chi connectivity index (χ1n) is 5.13. The average Bonchev–Trinajstić information content (AvgIpc) is 2.18.